The molecule has 2 aromatic rings. The first-order valence-corrected chi connectivity index (χ1v) is 19.8. The van der Waals surface area contributed by atoms with Crippen molar-refractivity contribution in [3.8, 4) is 11.1 Å². The number of rotatable bonds is 21. The first-order valence-electron chi connectivity index (χ1n) is 16.0. The number of ketones is 4. The van der Waals surface area contributed by atoms with E-state index in [1.165, 1.54) is 12.1 Å². The van der Waals surface area contributed by atoms with Gasteiger partial charge in [0.25, 0.3) is 0 Å². The molecule has 1 aliphatic rings. The summed E-state index contributed by atoms with van der Waals surface area (Å²) < 4.78 is 13.5. The van der Waals surface area contributed by atoms with E-state index < -0.39 is 38.1 Å². The Morgan fingerprint density at radius 2 is 1.30 bits per heavy atom. The molecule has 50 heavy (non-hydrogen) atoms. The van der Waals surface area contributed by atoms with Crippen molar-refractivity contribution in [2.24, 2.45) is 21.3 Å². The summed E-state index contributed by atoms with van der Waals surface area (Å²) in [6.07, 6.45) is -0.620. The second kappa shape index (κ2) is 21.3. The van der Waals surface area contributed by atoms with Crippen molar-refractivity contribution in [3.05, 3.63) is 59.7 Å². The van der Waals surface area contributed by atoms with Crippen LogP contribution in [0, 0.1) is 11.8 Å². The Labute approximate surface area is 307 Å². The second-order valence-corrected chi connectivity index (χ2v) is 16.1. The normalized spacial score (nSPS) is 13.5. The molecule has 8 nitrogen and oxygen atoms in total. The third-order valence-corrected chi connectivity index (χ3v) is 12.2. The van der Waals surface area contributed by atoms with Gasteiger partial charge in [-0.3, -0.25) is 9.54 Å². The Morgan fingerprint density at radius 1 is 0.780 bits per heavy atom. The van der Waals surface area contributed by atoms with E-state index in [9.17, 15) is 24.0 Å². The van der Waals surface area contributed by atoms with Crippen LogP contribution in [0.25, 0.3) is 11.1 Å². The van der Waals surface area contributed by atoms with Crippen LogP contribution in [0.15, 0.2) is 58.0 Å². The van der Waals surface area contributed by atoms with E-state index in [0.29, 0.717) is 0 Å². The molecule has 12 radical (unpaired) electrons. The van der Waals surface area contributed by atoms with Crippen LogP contribution in [0.3, 0.4) is 0 Å². The predicted molar refractivity (Wildman–Crippen MR) is 212 cm³/mol. The van der Waals surface area contributed by atoms with Gasteiger partial charge in [-0.2, -0.15) is 0 Å². The van der Waals surface area contributed by atoms with Gasteiger partial charge in [0.2, 0.25) is 0 Å². The number of esters is 1. The first-order chi connectivity index (χ1) is 24.0. The van der Waals surface area contributed by atoms with Gasteiger partial charge < -0.3 is 0 Å². The number of carbonyl (C=O) groups excluding carboxylic acids is 5. The number of Topliss-reactive ketones (excluding diaryl/α,β-unsaturated/α-hetero) is 4. The molecule has 0 fully saturated rings. The summed E-state index contributed by atoms with van der Waals surface area (Å²) in [5.74, 6) is -5.04. The molecule has 2 unspecified atom stereocenters. The van der Waals surface area contributed by atoms with Crippen molar-refractivity contribution in [2.75, 3.05) is 25.4 Å². The Bertz CT molecular complexity index is 1700. The molecule has 0 aliphatic heterocycles. The fraction of sp³-hybridized carbons (Fsp3) is 0.433. The molecular formula is C30H31B9N2O6P2S. The van der Waals surface area contributed by atoms with Crippen molar-refractivity contribution in [1.82, 2.24) is 0 Å². The zero-order valence-electron chi connectivity index (χ0n) is 27.8. The van der Waals surface area contributed by atoms with Gasteiger partial charge in [0.05, 0.1) is 0 Å². The van der Waals surface area contributed by atoms with E-state index >= 15 is 0 Å². The molecule has 0 spiro atoms. The van der Waals surface area contributed by atoms with E-state index in [0.717, 1.165) is 22.3 Å². The van der Waals surface area contributed by atoms with Crippen molar-refractivity contribution < 1.29 is 28.7 Å². The molecule has 0 bridgehead atoms. The summed E-state index contributed by atoms with van der Waals surface area (Å²) in [7, 11) is 32.2. The number of benzene rings is 2. The molecule has 0 aromatic heterocycles. The van der Waals surface area contributed by atoms with Crippen molar-refractivity contribution in [1.29, 1.82) is 0 Å². The molecule has 0 N–H and O–H groups in total. The predicted octanol–water partition coefficient (Wildman–Crippen LogP) is 3.15. The van der Waals surface area contributed by atoms with E-state index in [2.05, 4.69) is 9.49 Å². The average molecular weight is 707 g/mol. The zero-order chi connectivity index (χ0) is 36.7. The van der Waals surface area contributed by atoms with Crippen LogP contribution in [0.4, 0.5) is 0 Å². The molecule has 0 saturated carbocycles. The Kier molecular flexibility index (Phi) is 18.0. The van der Waals surface area contributed by atoms with Crippen LogP contribution in [0.2, 0.25) is 0 Å². The van der Waals surface area contributed by atoms with Crippen molar-refractivity contribution in [3.63, 3.8) is 0 Å². The summed E-state index contributed by atoms with van der Waals surface area (Å²) in [6.45, 7) is -0.287. The second-order valence-electron chi connectivity index (χ2n) is 11.9. The van der Waals surface area contributed by atoms with E-state index in [1.807, 2.05) is 48.5 Å². The third kappa shape index (κ3) is 11.9. The summed E-state index contributed by atoms with van der Waals surface area (Å²) in [6, 6.07) is 18.3. The maximum atomic E-state index is 13.9. The Hall–Kier alpha value is -2.28. The molecule has 240 valence electrons. The number of fused-ring (bicyclic) bond motifs is 3. The Morgan fingerprint density at radius 3 is 1.84 bits per heavy atom. The van der Waals surface area contributed by atoms with Crippen LogP contribution in [-0.4, -0.2) is 118 Å². The Balaban J connectivity index is 1.80. The summed E-state index contributed by atoms with van der Waals surface area (Å²) in [5.41, 5.74) is 4.21. The molecule has 3 rings (SSSR count). The number of hydrogen-bond acceptors (Lipinski definition) is 8. The third-order valence-electron chi connectivity index (χ3n) is 8.75. The van der Waals surface area contributed by atoms with Crippen LogP contribution in [-0.2, 0) is 28.7 Å². The van der Waals surface area contributed by atoms with Crippen molar-refractivity contribution in [2.45, 2.75) is 44.4 Å². The molecule has 0 amide bonds. The van der Waals surface area contributed by atoms with Gasteiger partial charge in [-0.25, -0.2) is 0 Å². The number of nitrogens with zero attached hydrogens (tertiary/aromatic N) is 2. The monoisotopic (exact) mass is 708 g/mol. The summed E-state index contributed by atoms with van der Waals surface area (Å²) in [5, 5.41) is 0. The van der Waals surface area contributed by atoms with E-state index in [1.54, 1.807) is 0 Å². The number of carbonyl (C=O) groups is 5. The molecule has 0 saturated heterocycles. The summed E-state index contributed by atoms with van der Waals surface area (Å²) >= 11 is 0. The van der Waals surface area contributed by atoms with Crippen LogP contribution >= 0.6 is 25.2 Å². The first kappa shape index (κ1) is 42.1. The van der Waals surface area contributed by atoms with Gasteiger partial charge >= 0.3 is 202 Å². The molecular weight excluding hydrogens is 676 g/mol. The average Bonchev–Trinajstić information content (AvgIpc) is 3.44. The molecule has 2 aromatic carbocycles. The van der Waals surface area contributed by atoms with Gasteiger partial charge in [-0.05, 0) is 11.1 Å². The van der Waals surface area contributed by atoms with Gasteiger partial charge in [0, 0.05) is 0 Å². The van der Waals surface area contributed by atoms with Gasteiger partial charge in [0.1, 0.15) is 6.54 Å². The fourth-order valence-corrected chi connectivity index (χ4v) is 7.92. The van der Waals surface area contributed by atoms with Crippen LogP contribution in [0.1, 0.15) is 55.6 Å². The van der Waals surface area contributed by atoms with Crippen LogP contribution < -0.4 is 0 Å². The van der Waals surface area contributed by atoms with Gasteiger partial charge in [-0.1, -0.05) is 65.0 Å². The molecule has 20 heteroatoms. The molecule has 2 atom stereocenters. The minimum atomic E-state index is -2.29. The van der Waals surface area contributed by atoms with Gasteiger partial charge in [-0.15, -0.1) is 0 Å². The quantitative estimate of drug-likeness (QED) is 0.112. The van der Waals surface area contributed by atoms with E-state index in [4.69, 9.17) is 50.8 Å². The topological polar surface area (TPSA) is 119 Å². The zero-order valence-corrected chi connectivity index (χ0v) is 30.4. The molecule has 1 aliphatic carbocycles. The van der Waals surface area contributed by atoms with Gasteiger partial charge in [0.15, 0.2) is 15.1 Å². The summed E-state index contributed by atoms with van der Waals surface area (Å²) in [4.78, 5) is 65.7. The minimum absolute atomic E-state index is 0.00599. The fourth-order valence-electron chi connectivity index (χ4n) is 5.92. The van der Waals surface area contributed by atoms with E-state index in [-0.39, 0.29) is 104 Å². The van der Waals surface area contributed by atoms with Crippen LogP contribution in [0.5, 0.6) is 0 Å². The maximum absolute atomic E-state index is 13.9. The number of hydrogen-bond donors (Lipinski definition) is 0. The SMILES string of the molecule is [B]B=S(=B[B])(CC(=O)CCC(CC(=O)OCC1c2ccccc2-c2ccccc21)C(=O)CC(CCC(=O)CN=P[B])C(=O)CN=P[B])B([B])[B]. The standard InChI is InChI=1S/C30H31B9N2O6P2S/c31-37-50(38-32,39(33)34)18-22(43)12-10-20(28(44)13-19(29(45)16-41-49-36)9-11-21(42)15-40-48-35)14-30(46)47-17-27-25-7-3-1-5-23(25)24-6-2-4-8-26(24)27/h1-8,19-20,27H,9-18H2. The molecule has 0 heterocycles. The van der Waals surface area contributed by atoms with Crippen molar-refractivity contribution >= 4 is 118 Å². The number of ether oxygens (including phenoxy) is 1.